The Balaban J connectivity index is 1.82. The molecule has 2 aromatic carbocycles. The van der Waals surface area contributed by atoms with Gasteiger partial charge in [0.25, 0.3) is 11.8 Å². The van der Waals surface area contributed by atoms with Gasteiger partial charge in [0.05, 0.1) is 11.4 Å². The van der Waals surface area contributed by atoms with Crippen LogP contribution in [0.4, 0.5) is 15.8 Å². The highest BCUT2D eigenvalue weighted by Crippen LogP contribution is 2.29. The van der Waals surface area contributed by atoms with Crippen LogP contribution in [0.3, 0.4) is 0 Å². The number of aryl methyl sites for hydroxylation is 1. The summed E-state index contributed by atoms with van der Waals surface area (Å²) in [7, 11) is 0. The molecule has 0 saturated carbocycles. The van der Waals surface area contributed by atoms with Crippen molar-refractivity contribution in [2.24, 2.45) is 0 Å². The lowest BCUT2D eigenvalue weighted by molar-refractivity contribution is -0.118. The van der Waals surface area contributed by atoms with Gasteiger partial charge in [-0.3, -0.25) is 9.59 Å². The van der Waals surface area contributed by atoms with E-state index in [2.05, 4.69) is 10.6 Å². The third-order valence-corrected chi connectivity index (χ3v) is 3.25. The molecular formula is C16H13FN2O3. The van der Waals surface area contributed by atoms with Crippen LogP contribution in [0.15, 0.2) is 36.4 Å². The fraction of sp³-hybridized carbons (Fsp3) is 0.125. The largest absolute Gasteiger partial charge is 0.482 e. The summed E-state index contributed by atoms with van der Waals surface area (Å²) in [5.41, 5.74) is 1.71. The number of fused-ring (bicyclic) bond motifs is 1. The van der Waals surface area contributed by atoms with Crippen LogP contribution in [0.5, 0.6) is 5.75 Å². The topological polar surface area (TPSA) is 67.4 Å². The van der Waals surface area contributed by atoms with Crippen molar-refractivity contribution in [3.8, 4) is 5.75 Å². The van der Waals surface area contributed by atoms with E-state index in [1.54, 1.807) is 19.1 Å². The summed E-state index contributed by atoms with van der Waals surface area (Å²) in [5, 5.41) is 5.15. The fourth-order valence-electron chi connectivity index (χ4n) is 2.13. The Morgan fingerprint density at radius 2 is 2.09 bits per heavy atom. The highest BCUT2D eigenvalue weighted by atomic mass is 19.1. The first-order chi connectivity index (χ1) is 10.5. The normalized spacial score (nSPS) is 12.9. The number of hydrogen-bond donors (Lipinski definition) is 2. The lowest BCUT2D eigenvalue weighted by Gasteiger charge is -2.18. The van der Waals surface area contributed by atoms with Crippen LogP contribution in [0.25, 0.3) is 0 Å². The second kappa shape index (κ2) is 5.48. The fourth-order valence-corrected chi connectivity index (χ4v) is 2.13. The second-order valence-corrected chi connectivity index (χ2v) is 4.99. The van der Waals surface area contributed by atoms with Crippen LogP contribution in [0.2, 0.25) is 0 Å². The number of amides is 2. The molecule has 0 atom stereocenters. The van der Waals surface area contributed by atoms with Crippen LogP contribution in [-0.4, -0.2) is 18.4 Å². The van der Waals surface area contributed by atoms with Crippen molar-refractivity contribution in [1.29, 1.82) is 0 Å². The van der Waals surface area contributed by atoms with E-state index in [9.17, 15) is 14.0 Å². The molecule has 2 aromatic rings. The molecule has 1 heterocycles. The molecule has 2 amide bonds. The minimum absolute atomic E-state index is 0.0926. The highest BCUT2D eigenvalue weighted by molar-refractivity contribution is 6.05. The number of anilines is 2. The van der Waals surface area contributed by atoms with Gasteiger partial charge in [-0.05, 0) is 42.8 Å². The van der Waals surface area contributed by atoms with Gasteiger partial charge in [0.15, 0.2) is 6.61 Å². The number of ether oxygens (including phenoxy) is 1. The van der Waals surface area contributed by atoms with Gasteiger partial charge in [-0.25, -0.2) is 4.39 Å². The van der Waals surface area contributed by atoms with E-state index in [1.807, 2.05) is 0 Å². The summed E-state index contributed by atoms with van der Waals surface area (Å²) in [6, 6.07) is 9.20. The number of carbonyl (C=O) groups excluding carboxylic acids is 2. The van der Waals surface area contributed by atoms with E-state index in [1.165, 1.54) is 24.3 Å². The average Bonchev–Trinajstić information content (AvgIpc) is 2.49. The molecular weight excluding hydrogens is 287 g/mol. The predicted octanol–water partition coefficient (Wildman–Crippen LogP) is 2.72. The smallest absolute Gasteiger partial charge is 0.262 e. The molecule has 3 rings (SSSR count). The van der Waals surface area contributed by atoms with Crippen molar-refractivity contribution in [2.75, 3.05) is 17.2 Å². The van der Waals surface area contributed by atoms with E-state index < -0.39 is 11.7 Å². The molecule has 1 aliphatic heterocycles. The van der Waals surface area contributed by atoms with E-state index in [4.69, 9.17) is 4.74 Å². The molecule has 0 aliphatic carbocycles. The second-order valence-electron chi connectivity index (χ2n) is 4.99. The summed E-state index contributed by atoms with van der Waals surface area (Å²) in [5.74, 6) is -0.774. The standard InChI is InChI=1S/C16H13FN2O3/c1-9-2-4-12(11(17)6-9)19-16(21)10-3-5-13-14(7-10)22-8-15(20)18-13/h2-7H,8H2,1H3,(H,18,20)(H,19,21). The van der Waals surface area contributed by atoms with E-state index in [0.29, 0.717) is 17.0 Å². The maximum atomic E-state index is 13.8. The Morgan fingerprint density at radius 1 is 1.27 bits per heavy atom. The summed E-state index contributed by atoms with van der Waals surface area (Å²) >= 11 is 0. The Labute approximate surface area is 126 Å². The first-order valence-electron chi connectivity index (χ1n) is 6.67. The third kappa shape index (κ3) is 2.76. The van der Waals surface area contributed by atoms with Gasteiger partial charge in [0.1, 0.15) is 11.6 Å². The molecule has 5 nitrogen and oxygen atoms in total. The van der Waals surface area contributed by atoms with Gasteiger partial charge in [0.2, 0.25) is 0 Å². The van der Waals surface area contributed by atoms with Crippen LogP contribution in [0, 0.1) is 12.7 Å². The van der Waals surface area contributed by atoms with Crippen molar-refractivity contribution < 1.29 is 18.7 Å². The molecule has 0 aromatic heterocycles. The monoisotopic (exact) mass is 300 g/mol. The molecule has 6 heteroatoms. The minimum Gasteiger partial charge on any atom is -0.482 e. The lowest BCUT2D eigenvalue weighted by Crippen LogP contribution is -2.25. The molecule has 0 spiro atoms. The minimum atomic E-state index is -0.491. The molecule has 0 saturated heterocycles. The number of carbonyl (C=O) groups is 2. The van der Waals surface area contributed by atoms with Gasteiger partial charge < -0.3 is 15.4 Å². The van der Waals surface area contributed by atoms with Crippen LogP contribution < -0.4 is 15.4 Å². The zero-order valence-electron chi connectivity index (χ0n) is 11.8. The number of nitrogens with one attached hydrogen (secondary N) is 2. The number of rotatable bonds is 2. The first-order valence-corrected chi connectivity index (χ1v) is 6.67. The zero-order valence-corrected chi connectivity index (χ0v) is 11.8. The molecule has 2 N–H and O–H groups in total. The van der Waals surface area contributed by atoms with Gasteiger partial charge in [-0.1, -0.05) is 6.07 Å². The SMILES string of the molecule is Cc1ccc(NC(=O)c2ccc3c(c2)OCC(=O)N3)c(F)c1. The summed E-state index contributed by atoms with van der Waals surface area (Å²) in [6.45, 7) is 1.68. The predicted molar refractivity (Wildman–Crippen MR) is 79.7 cm³/mol. The molecule has 0 unspecified atom stereocenters. The highest BCUT2D eigenvalue weighted by Gasteiger charge is 2.18. The average molecular weight is 300 g/mol. The Hall–Kier alpha value is -2.89. The molecule has 0 fully saturated rings. The quantitative estimate of drug-likeness (QED) is 0.896. The van der Waals surface area contributed by atoms with E-state index in [0.717, 1.165) is 5.56 Å². The van der Waals surface area contributed by atoms with Crippen LogP contribution >= 0.6 is 0 Å². The summed E-state index contributed by atoms with van der Waals surface area (Å²) < 4.78 is 19.0. The van der Waals surface area contributed by atoms with Crippen molar-refractivity contribution in [3.63, 3.8) is 0 Å². The number of hydrogen-bond acceptors (Lipinski definition) is 3. The van der Waals surface area contributed by atoms with Gasteiger partial charge in [0, 0.05) is 5.56 Å². The third-order valence-electron chi connectivity index (χ3n) is 3.25. The molecule has 0 radical (unpaired) electrons. The molecule has 0 bridgehead atoms. The van der Waals surface area contributed by atoms with E-state index in [-0.39, 0.29) is 18.2 Å². The van der Waals surface area contributed by atoms with Crippen LogP contribution in [0.1, 0.15) is 15.9 Å². The van der Waals surface area contributed by atoms with Crippen molar-refractivity contribution >= 4 is 23.2 Å². The molecule has 112 valence electrons. The van der Waals surface area contributed by atoms with Crippen molar-refractivity contribution in [3.05, 3.63) is 53.3 Å². The molecule has 1 aliphatic rings. The summed E-state index contributed by atoms with van der Waals surface area (Å²) in [6.07, 6.45) is 0. The maximum absolute atomic E-state index is 13.8. The Kier molecular flexibility index (Phi) is 3.50. The number of benzene rings is 2. The van der Waals surface area contributed by atoms with Crippen molar-refractivity contribution in [2.45, 2.75) is 6.92 Å². The van der Waals surface area contributed by atoms with Gasteiger partial charge in [-0.15, -0.1) is 0 Å². The van der Waals surface area contributed by atoms with E-state index >= 15 is 0 Å². The zero-order chi connectivity index (χ0) is 15.7. The number of halogens is 1. The van der Waals surface area contributed by atoms with Gasteiger partial charge in [-0.2, -0.15) is 0 Å². The van der Waals surface area contributed by atoms with Crippen molar-refractivity contribution in [1.82, 2.24) is 0 Å². The molecule has 22 heavy (non-hydrogen) atoms. The Bertz CT molecular complexity index is 774. The Morgan fingerprint density at radius 3 is 2.86 bits per heavy atom. The van der Waals surface area contributed by atoms with Crippen LogP contribution in [-0.2, 0) is 4.79 Å². The lowest BCUT2D eigenvalue weighted by atomic mass is 10.1. The van der Waals surface area contributed by atoms with Gasteiger partial charge >= 0.3 is 0 Å². The summed E-state index contributed by atoms with van der Waals surface area (Å²) in [4.78, 5) is 23.4. The maximum Gasteiger partial charge on any atom is 0.262 e. The first kappa shape index (κ1) is 14.1.